The summed E-state index contributed by atoms with van der Waals surface area (Å²) in [7, 11) is 2.03. The van der Waals surface area contributed by atoms with Crippen LogP contribution in [0.5, 0.6) is 0 Å². The molecule has 0 unspecified atom stereocenters. The van der Waals surface area contributed by atoms with Gasteiger partial charge in [-0.3, -0.25) is 24.3 Å². The molecule has 0 bridgehead atoms. The number of aryl methyl sites for hydroxylation is 1. The number of morpholine rings is 1. The smallest absolute Gasteiger partial charge is 0.152 e. The summed E-state index contributed by atoms with van der Waals surface area (Å²) in [5, 5.41) is 6.77. The number of fused-ring (bicyclic) bond motifs is 1. The summed E-state index contributed by atoms with van der Waals surface area (Å²) in [6, 6.07) is 8.55. The molecule has 3 aromatic rings. The highest BCUT2D eigenvalue weighted by Gasteiger charge is 2.18. The van der Waals surface area contributed by atoms with E-state index in [1.807, 2.05) is 24.1 Å². The van der Waals surface area contributed by atoms with Gasteiger partial charge in [-0.15, -0.1) is 0 Å². The molecule has 2 aliphatic rings. The van der Waals surface area contributed by atoms with Crippen LogP contribution in [0.2, 0.25) is 0 Å². The number of ketones is 1. The van der Waals surface area contributed by atoms with Crippen molar-refractivity contribution in [3.63, 3.8) is 0 Å². The molecule has 7 nitrogen and oxygen atoms in total. The van der Waals surface area contributed by atoms with Crippen LogP contribution < -0.4 is 0 Å². The van der Waals surface area contributed by atoms with Crippen molar-refractivity contribution in [1.29, 1.82) is 0 Å². The Morgan fingerprint density at radius 3 is 2.61 bits per heavy atom. The van der Waals surface area contributed by atoms with Gasteiger partial charge in [-0.05, 0) is 49.0 Å². The molecule has 0 N–H and O–H groups in total. The Balaban J connectivity index is 1.34. The quantitative estimate of drug-likeness (QED) is 0.555. The Morgan fingerprint density at radius 1 is 0.970 bits per heavy atom. The molecule has 0 saturated carbocycles. The summed E-state index contributed by atoms with van der Waals surface area (Å²) in [6.07, 6.45) is 8.13. The molecule has 33 heavy (non-hydrogen) atoms. The maximum atomic E-state index is 12.6. The van der Waals surface area contributed by atoms with Crippen molar-refractivity contribution >= 4 is 16.6 Å². The fourth-order valence-electron chi connectivity index (χ4n) is 4.94. The number of carbonyl (C=O) groups is 1. The highest BCUT2D eigenvalue weighted by Crippen LogP contribution is 2.28. The van der Waals surface area contributed by atoms with E-state index >= 15 is 0 Å². The van der Waals surface area contributed by atoms with Crippen LogP contribution in [0.15, 0.2) is 36.7 Å². The average Bonchev–Trinajstić information content (AvgIpc) is 3.20. The van der Waals surface area contributed by atoms with Crippen LogP contribution in [0, 0.1) is 0 Å². The Kier molecular flexibility index (Phi) is 6.80. The normalized spacial score (nSPS) is 18.1. The molecular formula is C26H33N5O2. The number of rotatable bonds is 7. The second-order valence-corrected chi connectivity index (χ2v) is 9.31. The van der Waals surface area contributed by atoms with Crippen molar-refractivity contribution in [2.75, 3.05) is 45.9 Å². The Hall–Kier alpha value is -2.61. The molecule has 2 aliphatic heterocycles. The second kappa shape index (κ2) is 10.1. The summed E-state index contributed by atoms with van der Waals surface area (Å²) in [5.41, 5.74) is 4.44. The van der Waals surface area contributed by atoms with E-state index in [1.54, 1.807) is 0 Å². The van der Waals surface area contributed by atoms with Gasteiger partial charge in [0.25, 0.3) is 0 Å². The highest BCUT2D eigenvalue weighted by atomic mass is 16.5. The van der Waals surface area contributed by atoms with Gasteiger partial charge in [0, 0.05) is 49.5 Å². The number of nitrogens with zero attached hydrogens (tertiary/aromatic N) is 5. The Morgan fingerprint density at radius 2 is 1.79 bits per heavy atom. The molecule has 0 aliphatic carbocycles. The number of pyridine rings is 1. The number of ether oxygens (including phenoxy) is 1. The minimum atomic E-state index is 0.205. The van der Waals surface area contributed by atoms with Crippen molar-refractivity contribution in [2.24, 2.45) is 7.05 Å². The first-order valence-corrected chi connectivity index (χ1v) is 12.1. The molecule has 0 spiro atoms. The lowest BCUT2D eigenvalue weighted by molar-refractivity contribution is -0.120. The zero-order chi connectivity index (χ0) is 22.6. The molecule has 5 rings (SSSR count). The van der Waals surface area contributed by atoms with Crippen LogP contribution in [0.1, 0.15) is 30.7 Å². The molecule has 0 atom stereocenters. The maximum Gasteiger partial charge on any atom is 0.152 e. The number of aromatic nitrogens is 3. The van der Waals surface area contributed by atoms with E-state index in [1.165, 1.54) is 36.1 Å². The van der Waals surface area contributed by atoms with Crippen LogP contribution in [0.3, 0.4) is 0 Å². The Bertz CT molecular complexity index is 1110. The number of carbonyl (C=O) groups excluding carboxylic acids is 1. The van der Waals surface area contributed by atoms with E-state index in [0.717, 1.165) is 49.2 Å². The van der Waals surface area contributed by atoms with Gasteiger partial charge in [0.2, 0.25) is 0 Å². The molecule has 1 aromatic carbocycles. The lowest BCUT2D eigenvalue weighted by Gasteiger charge is -2.26. The van der Waals surface area contributed by atoms with E-state index in [4.69, 9.17) is 4.74 Å². The lowest BCUT2D eigenvalue weighted by atomic mass is 10.0. The molecule has 2 saturated heterocycles. The fourth-order valence-corrected chi connectivity index (χ4v) is 4.94. The van der Waals surface area contributed by atoms with Gasteiger partial charge >= 0.3 is 0 Å². The lowest BCUT2D eigenvalue weighted by Crippen LogP contribution is -2.39. The van der Waals surface area contributed by atoms with Gasteiger partial charge in [-0.2, -0.15) is 5.10 Å². The highest BCUT2D eigenvalue weighted by molar-refractivity contribution is 5.89. The summed E-state index contributed by atoms with van der Waals surface area (Å²) in [6.45, 7) is 6.79. The summed E-state index contributed by atoms with van der Waals surface area (Å²) in [5.74, 6) is 0.205. The number of Topliss-reactive ketones (excluding diaryl/α,β-unsaturated/α-hetero) is 1. The number of hydrogen-bond donors (Lipinski definition) is 0. The van der Waals surface area contributed by atoms with E-state index in [9.17, 15) is 4.79 Å². The molecule has 7 heteroatoms. The summed E-state index contributed by atoms with van der Waals surface area (Å²) < 4.78 is 7.38. The molecule has 4 heterocycles. The minimum absolute atomic E-state index is 0.205. The van der Waals surface area contributed by atoms with Gasteiger partial charge in [0.05, 0.1) is 38.1 Å². The van der Waals surface area contributed by atoms with Crippen LogP contribution in [0.25, 0.3) is 21.9 Å². The molecule has 0 amide bonds. The SMILES string of the molecule is Cn1ncc(-c2ccc3cnc(CC(=O)CN4CCOCC4)cc3c2)c1CN1CCCCC1. The third-order valence-corrected chi connectivity index (χ3v) is 6.85. The number of piperidine rings is 1. The predicted octanol–water partition coefficient (Wildman–Crippen LogP) is 3.07. The third-order valence-electron chi connectivity index (χ3n) is 6.85. The fraction of sp³-hybridized carbons (Fsp3) is 0.500. The van der Waals surface area contributed by atoms with E-state index in [0.29, 0.717) is 26.2 Å². The molecule has 2 fully saturated rings. The monoisotopic (exact) mass is 447 g/mol. The van der Waals surface area contributed by atoms with Gasteiger partial charge in [0.1, 0.15) is 0 Å². The number of hydrogen-bond acceptors (Lipinski definition) is 6. The van der Waals surface area contributed by atoms with Crippen molar-refractivity contribution in [3.8, 4) is 11.1 Å². The third kappa shape index (κ3) is 5.32. The van der Waals surface area contributed by atoms with Gasteiger partial charge in [0.15, 0.2) is 5.78 Å². The van der Waals surface area contributed by atoms with Crippen LogP contribution in [0.4, 0.5) is 0 Å². The van der Waals surface area contributed by atoms with E-state index in [-0.39, 0.29) is 5.78 Å². The van der Waals surface area contributed by atoms with Crippen molar-refractivity contribution in [1.82, 2.24) is 24.6 Å². The first kappa shape index (κ1) is 22.2. The molecule has 0 radical (unpaired) electrons. The minimum Gasteiger partial charge on any atom is -0.379 e. The molecular weight excluding hydrogens is 414 g/mol. The Labute approximate surface area is 195 Å². The average molecular weight is 448 g/mol. The van der Waals surface area contributed by atoms with Crippen LogP contribution in [-0.4, -0.2) is 76.3 Å². The summed E-state index contributed by atoms with van der Waals surface area (Å²) in [4.78, 5) is 21.9. The standard InChI is InChI=1S/C26H33N5O2/c1-29-26(19-30-7-3-2-4-8-30)25(17-28-29)20-5-6-21-16-27-23(14-22(21)13-20)15-24(32)18-31-9-11-33-12-10-31/h5-6,13-14,16-17H,2-4,7-12,15,18-19H2,1H3. The number of benzene rings is 1. The second-order valence-electron chi connectivity index (χ2n) is 9.31. The number of likely N-dealkylation sites (tertiary alicyclic amines) is 1. The van der Waals surface area contributed by atoms with Gasteiger partial charge in [-0.25, -0.2) is 0 Å². The van der Waals surface area contributed by atoms with Crippen LogP contribution >= 0.6 is 0 Å². The zero-order valence-corrected chi connectivity index (χ0v) is 19.5. The van der Waals surface area contributed by atoms with E-state index in [2.05, 4.69) is 44.1 Å². The van der Waals surface area contributed by atoms with Crippen LogP contribution in [-0.2, 0) is 29.5 Å². The van der Waals surface area contributed by atoms with E-state index < -0.39 is 0 Å². The topological polar surface area (TPSA) is 63.5 Å². The van der Waals surface area contributed by atoms with Crippen molar-refractivity contribution < 1.29 is 9.53 Å². The molecule has 174 valence electrons. The largest absolute Gasteiger partial charge is 0.379 e. The predicted molar refractivity (Wildman–Crippen MR) is 129 cm³/mol. The maximum absolute atomic E-state index is 12.6. The summed E-state index contributed by atoms with van der Waals surface area (Å²) >= 11 is 0. The van der Waals surface area contributed by atoms with Gasteiger partial charge < -0.3 is 4.74 Å². The first-order chi connectivity index (χ1) is 16.2. The van der Waals surface area contributed by atoms with Gasteiger partial charge in [-0.1, -0.05) is 18.6 Å². The van der Waals surface area contributed by atoms with Crippen molar-refractivity contribution in [2.45, 2.75) is 32.2 Å². The first-order valence-electron chi connectivity index (χ1n) is 12.1. The van der Waals surface area contributed by atoms with Crippen molar-refractivity contribution in [3.05, 3.63) is 48.0 Å². The zero-order valence-electron chi connectivity index (χ0n) is 19.5. The molecule has 2 aromatic heterocycles.